The molecule has 1 saturated heterocycles. The summed E-state index contributed by atoms with van der Waals surface area (Å²) in [6.07, 6.45) is 2.44. The van der Waals surface area contributed by atoms with Gasteiger partial charge in [0, 0.05) is 18.6 Å². The molecular weight excluding hydrogens is 210 g/mol. The fraction of sp³-hybridized carbons (Fsp3) is 0.500. The molecule has 0 saturated carbocycles. The predicted molar refractivity (Wildman–Crippen MR) is 68.4 cm³/mol. The van der Waals surface area contributed by atoms with Gasteiger partial charge in [-0.05, 0) is 44.0 Å². The van der Waals surface area contributed by atoms with Gasteiger partial charge < -0.3 is 5.73 Å². The maximum Gasteiger partial charge on any atom is 0.0991 e. The van der Waals surface area contributed by atoms with Crippen molar-refractivity contribution in [2.45, 2.75) is 31.8 Å². The molecule has 0 bridgehead atoms. The molecule has 2 atom stereocenters. The molecule has 3 heteroatoms. The number of benzene rings is 1. The number of nitrogens with two attached hydrogens (primary N) is 1. The van der Waals surface area contributed by atoms with Crippen LogP contribution in [0.1, 0.15) is 36.9 Å². The van der Waals surface area contributed by atoms with Gasteiger partial charge in [0.05, 0.1) is 11.6 Å². The standard InChI is InChI=1S/C14H19N3/c1-11(17-8-2-3-14(17)10-16)13-6-4-12(9-15)5-7-13/h4-7,11,14H,2-3,8,10,16H2,1H3. The first kappa shape index (κ1) is 12.1. The van der Waals surface area contributed by atoms with E-state index < -0.39 is 0 Å². The highest BCUT2D eigenvalue weighted by Crippen LogP contribution is 2.28. The summed E-state index contributed by atoms with van der Waals surface area (Å²) in [6.45, 7) is 4.08. The van der Waals surface area contributed by atoms with E-state index in [1.807, 2.05) is 12.1 Å². The lowest BCUT2D eigenvalue weighted by Crippen LogP contribution is -2.37. The van der Waals surface area contributed by atoms with Crippen molar-refractivity contribution in [1.82, 2.24) is 4.90 Å². The van der Waals surface area contributed by atoms with E-state index in [0.717, 1.165) is 18.7 Å². The van der Waals surface area contributed by atoms with Crippen LogP contribution in [0.5, 0.6) is 0 Å². The summed E-state index contributed by atoms with van der Waals surface area (Å²) in [5.41, 5.74) is 7.79. The van der Waals surface area contributed by atoms with Crippen molar-refractivity contribution in [1.29, 1.82) is 5.26 Å². The molecule has 0 aromatic heterocycles. The third-order valence-corrected chi connectivity index (χ3v) is 3.71. The molecule has 1 aliphatic heterocycles. The number of nitrogens with zero attached hydrogens (tertiary/aromatic N) is 2. The minimum atomic E-state index is 0.388. The van der Waals surface area contributed by atoms with E-state index in [9.17, 15) is 0 Å². The fourth-order valence-electron chi connectivity index (χ4n) is 2.65. The van der Waals surface area contributed by atoms with Crippen molar-refractivity contribution in [3.8, 4) is 6.07 Å². The summed E-state index contributed by atoms with van der Waals surface area (Å²) in [4.78, 5) is 2.47. The molecule has 2 unspecified atom stereocenters. The molecule has 1 aromatic rings. The van der Waals surface area contributed by atoms with Crippen molar-refractivity contribution in [3.63, 3.8) is 0 Å². The van der Waals surface area contributed by atoms with Crippen molar-refractivity contribution >= 4 is 0 Å². The second-order valence-electron chi connectivity index (χ2n) is 4.68. The van der Waals surface area contributed by atoms with E-state index in [-0.39, 0.29) is 0 Å². The topological polar surface area (TPSA) is 53.0 Å². The second-order valence-corrected chi connectivity index (χ2v) is 4.68. The highest BCUT2D eigenvalue weighted by Gasteiger charge is 2.27. The van der Waals surface area contributed by atoms with Crippen LogP contribution in [0.3, 0.4) is 0 Å². The molecule has 2 N–H and O–H groups in total. The Kier molecular flexibility index (Phi) is 3.78. The number of likely N-dealkylation sites (tertiary alicyclic amines) is 1. The van der Waals surface area contributed by atoms with Crippen LogP contribution in [0.4, 0.5) is 0 Å². The van der Waals surface area contributed by atoms with Crippen molar-refractivity contribution < 1.29 is 0 Å². The van der Waals surface area contributed by atoms with Crippen LogP contribution in [0.15, 0.2) is 24.3 Å². The summed E-state index contributed by atoms with van der Waals surface area (Å²) < 4.78 is 0. The molecule has 2 rings (SSSR count). The van der Waals surface area contributed by atoms with Crippen LogP contribution < -0.4 is 5.73 Å². The van der Waals surface area contributed by atoms with Crippen molar-refractivity contribution in [2.75, 3.05) is 13.1 Å². The van der Waals surface area contributed by atoms with Crippen LogP contribution in [0, 0.1) is 11.3 Å². The molecule has 1 aromatic carbocycles. The van der Waals surface area contributed by atoms with E-state index in [0.29, 0.717) is 12.1 Å². The Morgan fingerprint density at radius 3 is 2.76 bits per heavy atom. The zero-order valence-corrected chi connectivity index (χ0v) is 10.3. The molecule has 0 radical (unpaired) electrons. The first-order valence-corrected chi connectivity index (χ1v) is 6.22. The molecule has 1 fully saturated rings. The van der Waals surface area contributed by atoms with Gasteiger partial charge in [-0.25, -0.2) is 0 Å². The molecule has 0 spiro atoms. The van der Waals surface area contributed by atoms with Gasteiger partial charge in [-0.3, -0.25) is 4.90 Å². The molecule has 1 heterocycles. The zero-order valence-electron chi connectivity index (χ0n) is 10.3. The van der Waals surface area contributed by atoms with Crippen LogP contribution >= 0.6 is 0 Å². The lowest BCUT2D eigenvalue weighted by Gasteiger charge is -2.30. The maximum atomic E-state index is 8.78. The molecule has 1 aliphatic rings. The van der Waals surface area contributed by atoms with E-state index >= 15 is 0 Å². The van der Waals surface area contributed by atoms with Crippen LogP contribution in [-0.4, -0.2) is 24.0 Å². The van der Waals surface area contributed by atoms with Gasteiger partial charge in [0.1, 0.15) is 0 Å². The Balaban J connectivity index is 2.13. The molecule has 0 aliphatic carbocycles. The SMILES string of the molecule is CC(c1ccc(C#N)cc1)N1CCCC1CN. The molecular formula is C14H19N3. The number of nitriles is 1. The average molecular weight is 229 g/mol. The molecule has 0 amide bonds. The Bertz CT molecular complexity index is 404. The Hall–Kier alpha value is -1.37. The number of rotatable bonds is 3. The first-order valence-electron chi connectivity index (χ1n) is 6.22. The van der Waals surface area contributed by atoms with E-state index in [1.165, 1.54) is 18.4 Å². The normalized spacial score (nSPS) is 22.3. The third-order valence-electron chi connectivity index (χ3n) is 3.71. The van der Waals surface area contributed by atoms with Gasteiger partial charge in [-0.1, -0.05) is 12.1 Å². The second kappa shape index (κ2) is 5.31. The van der Waals surface area contributed by atoms with Gasteiger partial charge in [0.15, 0.2) is 0 Å². The van der Waals surface area contributed by atoms with Gasteiger partial charge in [-0.2, -0.15) is 5.26 Å². The summed E-state index contributed by atoms with van der Waals surface area (Å²) in [7, 11) is 0. The van der Waals surface area contributed by atoms with Crippen LogP contribution in [-0.2, 0) is 0 Å². The summed E-state index contributed by atoms with van der Waals surface area (Å²) >= 11 is 0. The Morgan fingerprint density at radius 2 is 2.18 bits per heavy atom. The lowest BCUT2D eigenvalue weighted by molar-refractivity contribution is 0.197. The van der Waals surface area contributed by atoms with E-state index in [4.69, 9.17) is 11.0 Å². The van der Waals surface area contributed by atoms with Gasteiger partial charge >= 0.3 is 0 Å². The van der Waals surface area contributed by atoms with E-state index in [1.54, 1.807) is 0 Å². The molecule has 90 valence electrons. The zero-order chi connectivity index (χ0) is 12.3. The minimum absolute atomic E-state index is 0.388. The van der Waals surface area contributed by atoms with Gasteiger partial charge in [0.2, 0.25) is 0 Å². The van der Waals surface area contributed by atoms with Crippen LogP contribution in [0.25, 0.3) is 0 Å². The fourth-order valence-corrected chi connectivity index (χ4v) is 2.65. The quantitative estimate of drug-likeness (QED) is 0.863. The Labute approximate surface area is 103 Å². The number of hydrogen-bond acceptors (Lipinski definition) is 3. The van der Waals surface area contributed by atoms with E-state index in [2.05, 4.69) is 30.0 Å². The first-order chi connectivity index (χ1) is 8.26. The molecule has 17 heavy (non-hydrogen) atoms. The van der Waals surface area contributed by atoms with Gasteiger partial charge in [-0.15, -0.1) is 0 Å². The highest BCUT2D eigenvalue weighted by atomic mass is 15.2. The summed E-state index contributed by atoms with van der Waals surface area (Å²) in [5.74, 6) is 0. The average Bonchev–Trinajstić information content (AvgIpc) is 2.86. The molecule has 3 nitrogen and oxygen atoms in total. The van der Waals surface area contributed by atoms with Crippen molar-refractivity contribution in [2.24, 2.45) is 5.73 Å². The maximum absolute atomic E-state index is 8.78. The lowest BCUT2D eigenvalue weighted by atomic mass is 10.0. The predicted octanol–water partition coefficient (Wildman–Crippen LogP) is 2.04. The van der Waals surface area contributed by atoms with Crippen LogP contribution in [0.2, 0.25) is 0 Å². The van der Waals surface area contributed by atoms with Gasteiger partial charge in [0.25, 0.3) is 0 Å². The highest BCUT2D eigenvalue weighted by molar-refractivity contribution is 5.32. The summed E-state index contributed by atoms with van der Waals surface area (Å²) in [6, 6.07) is 10.9. The Morgan fingerprint density at radius 1 is 1.47 bits per heavy atom. The monoisotopic (exact) mass is 229 g/mol. The summed E-state index contributed by atoms with van der Waals surface area (Å²) in [5, 5.41) is 8.78. The smallest absolute Gasteiger partial charge is 0.0991 e. The van der Waals surface area contributed by atoms with Crippen molar-refractivity contribution in [3.05, 3.63) is 35.4 Å². The minimum Gasteiger partial charge on any atom is -0.329 e. The third kappa shape index (κ3) is 2.49. The number of hydrogen-bond donors (Lipinski definition) is 1. The largest absolute Gasteiger partial charge is 0.329 e.